The van der Waals surface area contributed by atoms with Crippen LogP contribution in [0.25, 0.3) is 10.2 Å². The number of fused-ring (bicyclic) bond motifs is 1. The molecule has 3 N–H and O–H groups in total. The van der Waals surface area contributed by atoms with Crippen LogP contribution in [0, 0.1) is 19.3 Å². The molecule has 0 aliphatic carbocycles. The van der Waals surface area contributed by atoms with E-state index in [9.17, 15) is 4.79 Å². The first-order valence-electron chi connectivity index (χ1n) is 5.93. The monoisotopic (exact) mass is 273 g/mol. The predicted molar refractivity (Wildman–Crippen MR) is 79.1 cm³/mol. The third-order valence-electron chi connectivity index (χ3n) is 2.74. The van der Waals surface area contributed by atoms with Crippen molar-refractivity contribution in [1.29, 1.82) is 0 Å². The van der Waals surface area contributed by atoms with E-state index >= 15 is 0 Å². The van der Waals surface area contributed by atoms with Crippen LogP contribution in [0.3, 0.4) is 0 Å². The minimum Gasteiger partial charge on any atom is -0.397 e. The van der Waals surface area contributed by atoms with E-state index in [1.54, 1.807) is 0 Å². The number of hydrogen-bond acceptors (Lipinski definition) is 4. The van der Waals surface area contributed by atoms with Gasteiger partial charge < -0.3 is 11.1 Å². The number of aryl methyl sites for hydroxylation is 1. The van der Waals surface area contributed by atoms with Crippen LogP contribution in [0.2, 0.25) is 0 Å². The SMILES string of the molecule is C#CCC(C)NC(=O)c1sc2nc(C)ccc2c1N. The zero-order chi connectivity index (χ0) is 14.0. The highest BCUT2D eigenvalue weighted by molar-refractivity contribution is 7.21. The summed E-state index contributed by atoms with van der Waals surface area (Å²) in [7, 11) is 0. The molecular formula is C14H15N3OS. The highest BCUT2D eigenvalue weighted by Crippen LogP contribution is 2.32. The van der Waals surface area contributed by atoms with Crippen LogP contribution in [-0.4, -0.2) is 16.9 Å². The molecule has 0 radical (unpaired) electrons. The lowest BCUT2D eigenvalue weighted by Crippen LogP contribution is -2.32. The third-order valence-corrected chi connectivity index (χ3v) is 3.85. The van der Waals surface area contributed by atoms with E-state index in [1.165, 1.54) is 11.3 Å². The van der Waals surface area contributed by atoms with E-state index in [4.69, 9.17) is 12.2 Å². The Hall–Kier alpha value is -2.06. The molecule has 4 nitrogen and oxygen atoms in total. The van der Waals surface area contributed by atoms with Crippen molar-refractivity contribution < 1.29 is 4.79 Å². The number of amides is 1. The van der Waals surface area contributed by atoms with Gasteiger partial charge in [-0.2, -0.15) is 0 Å². The lowest BCUT2D eigenvalue weighted by atomic mass is 10.2. The van der Waals surface area contributed by atoms with E-state index in [1.807, 2.05) is 26.0 Å². The Bertz CT molecular complexity index is 669. The van der Waals surface area contributed by atoms with Gasteiger partial charge in [0, 0.05) is 23.5 Å². The van der Waals surface area contributed by atoms with Gasteiger partial charge in [-0.05, 0) is 26.0 Å². The maximum atomic E-state index is 12.1. The van der Waals surface area contributed by atoms with Gasteiger partial charge in [0.15, 0.2) is 0 Å². The fraction of sp³-hybridized carbons (Fsp3) is 0.286. The van der Waals surface area contributed by atoms with Crippen molar-refractivity contribution in [1.82, 2.24) is 10.3 Å². The molecule has 0 saturated carbocycles. The summed E-state index contributed by atoms with van der Waals surface area (Å²) in [5.74, 6) is 2.32. The average Bonchev–Trinajstić information content (AvgIpc) is 2.66. The number of thiophene rings is 1. The molecule has 1 amide bonds. The number of carbonyl (C=O) groups excluding carboxylic acids is 1. The quantitative estimate of drug-likeness (QED) is 0.843. The molecule has 5 heteroatoms. The Morgan fingerprint density at radius 2 is 2.37 bits per heavy atom. The number of rotatable bonds is 3. The van der Waals surface area contributed by atoms with Gasteiger partial charge in [-0.3, -0.25) is 4.79 Å². The van der Waals surface area contributed by atoms with Crippen LogP contribution in [0.4, 0.5) is 5.69 Å². The van der Waals surface area contributed by atoms with Gasteiger partial charge in [-0.25, -0.2) is 4.98 Å². The van der Waals surface area contributed by atoms with Crippen LogP contribution < -0.4 is 11.1 Å². The highest BCUT2D eigenvalue weighted by Gasteiger charge is 2.18. The van der Waals surface area contributed by atoms with E-state index in [0.717, 1.165) is 15.9 Å². The van der Waals surface area contributed by atoms with Crippen LogP contribution in [0.15, 0.2) is 12.1 Å². The Morgan fingerprint density at radius 1 is 1.63 bits per heavy atom. The summed E-state index contributed by atoms with van der Waals surface area (Å²) in [6.07, 6.45) is 5.71. The number of nitrogens with two attached hydrogens (primary N) is 1. The molecule has 2 aromatic heterocycles. The fourth-order valence-electron chi connectivity index (χ4n) is 1.78. The molecule has 0 aromatic carbocycles. The van der Waals surface area contributed by atoms with Crippen LogP contribution in [0.5, 0.6) is 0 Å². The molecule has 0 fully saturated rings. The second-order valence-electron chi connectivity index (χ2n) is 4.43. The van der Waals surface area contributed by atoms with Crippen LogP contribution in [0.1, 0.15) is 28.7 Å². The van der Waals surface area contributed by atoms with Crippen molar-refractivity contribution in [3.05, 3.63) is 22.7 Å². The molecule has 2 heterocycles. The summed E-state index contributed by atoms with van der Waals surface area (Å²) >= 11 is 1.31. The second-order valence-corrected chi connectivity index (χ2v) is 5.43. The minimum atomic E-state index is -0.194. The number of hydrogen-bond donors (Lipinski definition) is 2. The number of anilines is 1. The molecule has 0 aliphatic rings. The Balaban J connectivity index is 2.33. The number of nitrogens with one attached hydrogen (secondary N) is 1. The lowest BCUT2D eigenvalue weighted by Gasteiger charge is -2.09. The summed E-state index contributed by atoms with van der Waals surface area (Å²) in [4.78, 5) is 17.8. The molecule has 2 aromatic rings. The molecule has 0 spiro atoms. The highest BCUT2D eigenvalue weighted by atomic mass is 32.1. The second kappa shape index (κ2) is 5.29. The van der Waals surface area contributed by atoms with Crippen molar-refractivity contribution in [2.45, 2.75) is 26.3 Å². The minimum absolute atomic E-state index is 0.0724. The third kappa shape index (κ3) is 2.69. The Labute approximate surface area is 116 Å². The van der Waals surface area contributed by atoms with Crippen molar-refractivity contribution in [2.75, 3.05) is 5.73 Å². The van der Waals surface area contributed by atoms with E-state index in [-0.39, 0.29) is 11.9 Å². The summed E-state index contributed by atoms with van der Waals surface area (Å²) in [6.45, 7) is 3.77. The van der Waals surface area contributed by atoms with Crippen molar-refractivity contribution >= 4 is 33.1 Å². The Kier molecular flexibility index (Phi) is 3.72. The van der Waals surface area contributed by atoms with Gasteiger partial charge in [-0.15, -0.1) is 23.7 Å². The standard InChI is InChI=1S/C14H15N3OS/c1-4-5-8(2)16-13(18)12-11(15)10-7-6-9(3)17-14(10)19-12/h1,6-8H,5,15H2,2-3H3,(H,16,18). The number of carbonyl (C=O) groups is 1. The summed E-state index contributed by atoms with van der Waals surface area (Å²) < 4.78 is 0. The van der Waals surface area contributed by atoms with Gasteiger partial charge in [0.1, 0.15) is 9.71 Å². The van der Waals surface area contributed by atoms with Crippen LogP contribution >= 0.6 is 11.3 Å². The number of terminal acetylenes is 1. The first-order valence-corrected chi connectivity index (χ1v) is 6.74. The predicted octanol–water partition coefficient (Wildman–Crippen LogP) is 2.33. The maximum Gasteiger partial charge on any atom is 0.263 e. The summed E-state index contributed by atoms with van der Waals surface area (Å²) in [6, 6.07) is 3.70. The van der Waals surface area contributed by atoms with Gasteiger partial charge in [0.25, 0.3) is 5.91 Å². The topological polar surface area (TPSA) is 68.0 Å². The van der Waals surface area contributed by atoms with E-state index in [2.05, 4.69) is 16.2 Å². The maximum absolute atomic E-state index is 12.1. The fourth-order valence-corrected chi connectivity index (χ4v) is 2.82. The smallest absolute Gasteiger partial charge is 0.263 e. The van der Waals surface area contributed by atoms with Crippen LogP contribution in [-0.2, 0) is 0 Å². The molecular weight excluding hydrogens is 258 g/mol. The number of pyridine rings is 1. The first kappa shape index (κ1) is 13.4. The van der Waals surface area contributed by atoms with Gasteiger partial charge >= 0.3 is 0 Å². The Morgan fingerprint density at radius 3 is 3.05 bits per heavy atom. The molecule has 1 atom stereocenters. The van der Waals surface area contributed by atoms with Crippen molar-refractivity contribution in [2.24, 2.45) is 0 Å². The lowest BCUT2D eigenvalue weighted by molar-refractivity contribution is 0.0946. The van der Waals surface area contributed by atoms with E-state index < -0.39 is 0 Å². The average molecular weight is 273 g/mol. The van der Waals surface area contributed by atoms with Gasteiger partial charge in [-0.1, -0.05) is 0 Å². The zero-order valence-corrected chi connectivity index (χ0v) is 11.7. The molecule has 2 rings (SSSR count). The van der Waals surface area contributed by atoms with E-state index in [0.29, 0.717) is 17.0 Å². The molecule has 0 saturated heterocycles. The van der Waals surface area contributed by atoms with Crippen molar-refractivity contribution in [3.8, 4) is 12.3 Å². The normalized spacial score (nSPS) is 12.1. The number of nitrogens with zero attached hydrogens (tertiary/aromatic N) is 1. The number of aromatic nitrogens is 1. The summed E-state index contributed by atoms with van der Waals surface area (Å²) in [5.41, 5.74) is 7.40. The van der Waals surface area contributed by atoms with Crippen molar-refractivity contribution in [3.63, 3.8) is 0 Å². The first-order chi connectivity index (χ1) is 9.02. The summed E-state index contributed by atoms with van der Waals surface area (Å²) in [5, 5.41) is 3.66. The van der Waals surface area contributed by atoms with Gasteiger partial charge in [0.05, 0.1) is 5.69 Å². The van der Waals surface area contributed by atoms with Gasteiger partial charge in [0.2, 0.25) is 0 Å². The molecule has 19 heavy (non-hydrogen) atoms. The zero-order valence-electron chi connectivity index (χ0n) is 10.9. The molecule has 0 aliphatic heterocycles. The largest absolute Gasteiger partial charge is 0.397 e. The molecule has 0 bridgehead atoms. The molecule has 1 unspecified atom stereocenters. The number of nitrogen functional groups attached to an aromatic ring is 1. The molecule has 98 valence electrons.